The Hall–Kier alpha value is -1.85. The topological polar surface area (TPSA) is 34.9 Å². The molecule has 1 aliphatic carbocycles. The molecule has 0 radical (unpaired) electrons. The summed E-state index contributed by atoms with van der Waals surface area (Å²) in [7, 11) is 0. The zero-order chi connectivity index (χ0) is 13.3. The van der Waals surface area contributed by atoms with Gasteiger partial charge in [-0.1, -0.05) is 12.2 Å². The standard InChI is InChI=1S/C12H11F3N2O/c1-8(18)10-7-16-17(11(10)12(13,14)15)9-5-3-2-4-6-9/h2-3,5,7H,4,6H2,1H3. The third-order valence-corrected chi connectivity index (χ3v) is 2.68. The Bertz CT molecular complexity index is 538. The predicted octanol–water partition coefficient (Wildman–Crippen LogP) is 3.30. The van der Waals surface area contributed by atoms with Crippen molar-refractivity contribution in [2.24, 2.45) is 0 Å². The maximum absolute atomic E-state index is 13.0. The fraction of sp³-hybridized carbons (Fsp3) is 0.333. The van der Waals surface area contributed by atoms with Crippen molar-refractivity contribution >= 4 is 11.5 Å². The van der Waals surface area contributed by atoms with Crippen molar-refractivity contribution in [2.45, 2.75) is 25.9 Å². The number of rotatable bonds is 2. The van der Waals surface area contributed by atoms with Crippen LogP contribution in [0.25, 0.3) is 5.70 Å². The lowest BCUT2D eigenvalue weighted by atomic mass is 10.1. The van der Waals surface area contributed by atoms with E-state index in [2.05, 4.69) is 5.10 Å². The molecule has 0 aromatic carbocycles. The summed E-state index contributed by atoms with van der Waals surface area (Å²) in [5, 5.41) is 3.70. The van der Waals surface area contributed by atoms with Crippen molar-refractivity contribution in [2.75, 3.05) is 0 Å². The summed E-state index contributed by atoms with van der Waals surface area (Å²) in [5.41, 5.74) is -0.938. The number of carbonyl (C=O) groups is 1. The molecule has 0 N–H and O–H groups in total. The highest BCUT2D eigenvalue weighted by Crippen LogP contribution is 2.34. The van der Waals surface area contributed by atoms with E-state index >= 15 is 0 Å². The number of aromatic nitrogens is 2. The number of halogens is 3. The Morgan fingerprint density at radius 1 is 1.44 bits per heavy atom. The van der Waals surface area contributed by atoms with Crippen LogP contribution < -0.4 is 0 Å². The first-order chi connectivity index (χ1) is 8.41. The molecule has 1 aliphatic rings. The summed E-state index contributed by atoms with van der Waals surface area (Å²) < 4.78 is 39.8. The molecule has 1 aromatic heterocycles. The van der Waals surface area contributed by atoms with Gasteiger partial charge in [-0.3, -0.25) is 4.79 Å². The van der Waals surface area contributed by atoms with Crippen molar-refractivity contribution in [3.63, 3.8) is 0 Å². The Kier molecular flexibility index (Phi) is 3.11. The van der Waals surface area contributed by atoms with Gasteiger partial charge in [0, 0.05) is 5.70 Å². The van der Waals surface area contributed by atoms with E-state index in [4.69, 9.17) is 0 Å². The summed E-state index contributed by atoms with van der Waals surface area (Å²) in [4.78, 5) is 11.2. The van der Waals surface area contributed by atoms with Gasteiger partial charge in [0.15, 0.2) is 11.5 Å². The predicted molar refractivity (Wildman–Crippen MR) is 59.9 cm³/mol. The van der Waals surface area contributed by atoms with Crippen LogP contribution in [0.5, 0.6) is 0 Å². The molecule has 0 saturated carbocycles. The number of alkyl halides is 3. The second kappa shape index (κ2) is 4.44. The molecule has 0 unspecified atom stereocenters. The molecule has 6 heteroatoms. The second-order valence-electron chi connectivity index (χ2n) is 4.00. The van der Waals surface area contributed by atoms with Gasteiger partial charge >= 0.3 is 6.18 Å². The van der Waals surface area contributed by atoms with Crippen LogP contribution in [-0.4, -0.2) is 15.6 Å². The molecule has 0 saturated heterocycles. The summed E-state index contributed by atoms with van der Waals surface area (Å²) in [6.07, 6.45) is 2.65. The minimum absolute atomic E-state index is 0.391. The highest BCUT2D eigenvalue weighted by atomic mass is 19.4. The Labute approximate surface area is 102 Å². The smallest absolute Gasteiger partial charge is 0.294 e. The number of hydrogen-bond donors (Lipinski definition) is 0. The fourth-order valence-corrected chi connectivity index (χ4v) is 1.86. The van der Waals surface area contributed by atoms with Crippen LogP contribution in [0.1, 0.15) is 35.8 Å². The van der Waals surface area contributed by atoms with E-state index in [1.165, 1.54) is 0 Å². The van der Waals surface area contributed by atoms with E-state index in [0.29, 0.717) is 18.5 Å². The molecule has 0 aliphatic heterocycles. The van der Waals surface area contributed by atoms with Gasteiger partial charge < -0.3 is 0 Å². The van der Waals surface area contributed by atoms with E-state index in [1.54, 1.807) is 12.2 Å². The van der Waals surface area contributed by atoms with Crippen LogP contribution in [-0.2, 0) is 6.18 Å². The largest absolute Gasteiger partial charge is 0.434 e. The Morgan fingerprint density at radius 3 is 2.67 bits per heavy atom. The van der Waals surface area contributed by atoms with Crippen LogP contribution in [0.15, 0.2) is 24.4 Å². The molecular weight excluding hydrogens is 245 g/mol. The maximum atomic E-state index is 13.0. The lowest BCUT2D eigenvalue weighted by molar-refractivity contribution is -0.143. The number of allylic oxidation sites excluding steroid dienone is 4. The van der Waals surface area contributed by atoms with Crippen LogP contribution in [0, 0.1) is 0 Å². The molecular formula is C12H11F3N2O. The highest BCUT2D eigenvalue weighted by Gasteiger charge is 2.40. The number of hydrogen-bond acceptors (Lipinski definition) is 2. The number of carbonyl (C=O) groups excluding carboxylic acids is 1. The summed E-state index contributed by atoms with van der Waals surface area (Å²) in [6.45, 7) is 1.10. The fourth-order valence-electron chi connectivity index (χ4n) is 1.86. The second-order valence-corrected chi connectivity index (χ2v) is 4.00. The summed E-state index contributed by atoms with van der Waals surface area (Å²) in [6, 6.07) is 0. The van der Waals surface area contributed by atoms with E-state index in [1.807, 2.05) is 6.08 Å². The molecule has 1 aromatic rings. The van der Waals surface area contributed by atoms with Crippen molar-refractivity contribution in [3.05, 3.63) is 35.7 Å². The minimum Gasteiger partial charge on any atom is -0.294 e. The van der Waals surface area contributed by atoms with Gasteiger partial charge in [0.1, 0.15) is 0 Å². The van der Waals surface area contributed by atoms with Crippen LogP contribution in [0.2, 0.25) is 0 Å². The number of ketones is 1. The number of Topliss-reactive ketones (excluding diaryl/α,β-unsaturated/α-hetero) is 1. The average molecular weight is 256 g/mol. The first-order valence-electron chi connectivity index (χ1n) is 5.43. The van der Waals surface area contributed by atoms with Crippen LogP contribution >= 0.6 is 0 Å². The van der Waals surface area contributed by atoms with E-state index in [9.17, 15) is 18.0 Å². The molecule has 18 heavy (non-hydrogen) atoms. The van der Waals surface area contributed by atoms with E-state index in [-0.39, 0.29) is 0 Å². The summed E-state index contributed by atoms with van der Waals surface area (Å²) in [5.74, 6) is -0.638. The molecule has 96 valence electrons. The lowest BCUT2D eigenvalue weighted by Gasteiger charge is -2.15. The quantitative estimate of drug-likeness (QED) is 0.761. The third kappa shape index (κ3) is 2.23. The third-order valence-electron chi connectivity index (χ3n) is 2.68. The van der Waals surface area contributed by atoms with Gasteiger partial charge in [0.2, 0.25) is 0 Å². The van der Waals surface area contributed by atoms with Crippen molar-refractivity contribution in [3.8, 4) is 0 Å². The highest BCUT2D eigenvalue weighted by molar-refractivity contribution is 5.95. The van der Waals surface area contributed by atoms with E-state index < -0.39 is 23.2 Å². The maximum Gasteiger partial charge on any atom is 0.434 e. The minimum atomic E-state index is -4.60. The molecule has 0 bridgehead atoms. The van der Waals surface area contributed by atoms with Gasteiger partial charge in [0.25, 0.3) is 0 Å². The SMILES string of the molecule is CC(=O)c1cnn(C2=CC=CCC2)c1C(F)(F)F. The first-order valence-corrected chi connectivity index (χ1v) is 5.43. The zero-order valence-corrected chi connectivity index (χ0v) is 9.66. The first kappa shape index (κ1) is 12.6. The monoisotopic (exact) mass is 256 g/mol. The molecule has 0 atom stereocenters. The summed E-state index contributed by atoms with van der Waals surface area (Å²) >= 11 is 0. The lowest BCUT2D eigenvalue weighted by Crippen LogP contribution is -2.17. The molecule has 0 spiro atoms. The normalized spacial score (nSPS) is 15.7. The van der Waals surface area contributed by atoms with Crippen molar-refractivity contribution in [1.29, 1.82) is 0 Å². The molecule has 2 rings (SSSR count). The molecule has 0 fully saturated rings. The van der Waals surface area contributed by atoms with Gasteiger partial charge in [0.05, 0.1) is 11.8 Å². The average Bonchev–Trinajstić information content (AvgIpc) is 2.74. The molecule has 3 nitrogen and oxygen atoms in total. The van der Waals surface area contributed by atoms with Crippen molar-refractivity contribution < 1.29 is 18.0 Å². The Balaban J connectivity index is 2.58. The van der Waals surface area contributed by atoms with Gasteiger partial charge in [-0.15, -0.1) is 0 Å². The van der Waals surface area contributed by atoms with Gasteiger partial charge in [-0.05, 0) is 25.8 Å². The molecule has 0 amide bonds. The van der Waals surface area contributed by atoms with Crippen LogP contribution in [0.3, 0.4) is 0 Å². The molecule has 1 heterocycles. The van der Waals surface area contributed by atoms with Crippen molar-refractivity contribution in [1.82, 2.24) is 9.78 Å². The Morgan fingerprint density at radius 2 is 2.17 bits per heavy atom. The van der Waals surface area contributed by atoms with Gasteiger partial charge in [-0.2, -0.15) is 18.3 Å². The van der Waals surface area contributed by atoms with Gasteiger partial charge in [-0.25, -0.2) is 4.68 Å². The van der Waals surface area contributed by atoms with Crippen LogP contribution in [0.4, 0.5) is 13.2 Å². The number of nitrogens with zero attached hydrogens (tertiary/aromatic N) is 2. The zero-order valence-electron chi connectivity index (χ0n) is 9.66. The van der Waals surface area contributed by atoms with E-state index in [0.717, 1.165) is 17.8 Å².